The molecule has 0 radical (unpaired) electrons. The molecule has 0 aromatic rings. The van der Waals surface area contributed by atoms with E-state index in [-0.39, 0.29) is 19.8 Å². The molecule has 1 unspecified atom stereocenters. The van der Waals surface area contributed by atoms with Gasteiger partial charge in [-0.2, -0.15) is 0 Å². The highest BCUT2D eigenvalue weighted by Crippen LogP contribution is 1.95. The zero-order valence-electron chi connectivity index (χ0n) is 10.4. The molecule has 102 valence electrons. The largest absolute Gasteiger partial charge is 0.464 e. The molecule has 1 amide bonds. The number of esters is 1. The molecule has 1 atom stereocenters. The van der Waals surface area contributed by atoms with Crippen LogP contribution in [0, 0.1) is 0 Å². The van der Waals surface area contributed by atoms with E-state index in [1.807, 2.05) is 0 Å². The molecule has 0 aromatic heterocycles. The first-order chi connectivity index (χ1) is 8.56. The summed E-state index contributed by atoms with van der Waals surface area (Å²) in [6, 6.07) is -1.43. The highest BCUT2D eigenvalue weighted by atomic mass is 16.6. The topological polar surface area (TPSA) is 90.9 Å². The first-order valence-electron chi connectivity index (χ1n) is 5.29. The van der Waals surface area contributed by atoms with Gasteiger partial charge in [0, 0.05) is 7.11 Å². The summed E-state index contributed by atoms with van der Waals surface area (Å²) in [7, 11) is 1.30. The quantitative estimate of drug-likeness (QED) is 0.376. The Morgan fingerprint density at radius 1 is 1.33 bits per heavy atom. The standard InChI is InChI=1S/C11H17NO6/c1-4-6-18-11(15)12-9(8(13)7-16-3)10(14)17-5-2/h4,9H,1,5-7H2,2-3H3,(H,12,15). The van der Waals surface area contributed by atoms with E-state index >= 15 is 0 Å². The van der Waals surface area contributed by atoms with E-state index in [4.69, 9.17) is 0 Å². The Morgan fingerprint density at radius 3 is 2.50 bits per heavy atom. The SMILES string of the molecule is C=CCOC(=O)NC(C(=O)COC)C(=O)OCC. The lowest BCUT2D eigenvalue weighted by molar-refractivity contribution is -0.149. The molecule has 7 nitrogen and oxygen atoms in total. The zero-order chi connectivity index (χ0) is 14.0. The third-order valence-corrected chi connectivity index (χ3v) is 1.73. The van der Waals surface area contributed by atoms with Crippen molar-refractivity contribution in [2.45, 2.75) is 13.0 Å². The van der Waals surface area contributed by atoms with Crippen molar-refractivity contribution in [1.29, 1.82) is 0 Å². The Balaban J connectivity index is 4.55. The van der Waals surface area contributed by atoms with Gasteiger partial charge in [0.05, 0.1) is 6.61 Å². The van der Waals surface area contributed by atoms with Gasteiger partial charge in [0.25, 0.3) is 0 Å². The fourth-order valence-electron chi connectivity index (χ4n) is 1.02. The molecule has 0 aliphatic heterocycles. The van der Waals surface area contributed by atoms with E-state index in [9.17, 15) is 14.4 Å². The predicted molar refractivity (Wildman–Crippen MR) is 62.0 cm³/mol. The second kappa shape index (κ2) is 9.17. The van der Waals surface area contributed by atoms with Crippen molar-refractivity contribution < 1.29 is 28.6 Å². The Bertz CT molecular complexity index is 297. The number of hydrogen-bond donors (Lipinski definition) is 1. The van der Waals surface area contributed by atoms with Crippen LogP contribution in [0.1, 0.15) is 6.92 Å². The summed E-state index contributed by atoms with van der Waals surface area (Å²) in [6.07, 6.45) is 0.452. The van der Waals surface area contributed by atoms with Crippen LogP contribution in [0.2, 0.25) is 0 Å². The maximum absolute atomic E-state index is 11.6. The van der Waals surface area contributed by atoms with Gasteiger partial charge in [-0.1, -0.05) is 12.7 Å². The summed E-state index contributed by atoms with van der Waals surface area (Å²) in [5.74, 6) is -1.47. The lowest BCUT2D eigenvalue weighted by atomic mass is 10.2. The van der Waals surface area contributed by atoms with Crippen LogP contribution in [0.5, 0.6) is 0 Å². The number of hydrogen-bond acceptors (Lipinski definition) is 6. The molecule has 1 N–H and O–H groups in total. The van der Waals surface area contributed by atoms with Crippen LogP contribution < -0.4 is 5.32 Å². The molecule has 0 heterocycles. The van der Waals surface area contributed by atoms with E-state index in [0.29, 0.717) is 0 Å². The fourth-order valence-corrected chi connectivity index (χ4v) is 1.02. The van der Waals surface area contributed by atoms with E-state index in [0.717, 1.165) is 0 Å². The first-order valence-corrected chi connectivity index (χ1v) is 5.29. The molecule has 0 fully saturated rings. The van der Waals surface area contributed by atoms with Crippen molar-refractivity contribution >= 4 is 17.8 Å². The highest BCUT2D eigenvalue weighted by Gasteiger charge is 2.29. The van der Waals surface area contributed by atoms with Crippen LogP contribution >= 0.6 is 0 Å². The summed E-state index contributed by atoms with van der Waals surface area (Å²) < 4.78 is 13.9. The molecule has 0 aromatic carbocycles. The summed E-state index contributed by atoms with van der Waals surface area (Å²) in [5.41, 5.74) is 0. The van der Waals surface area contributed by atoms with Crippen LogP contribution in [0.15, 0.2) is 12.7 Å². The van der Waals surface area contributed by atoms with Crippen LogP contribution in [0.3, 0.4) is 0 Å². The smallest absolute Gasteiger partial charge is 0.408 e. The third-order valence-electron chi connectivity index (χ3n) is 1.73. The van der Waals surface area contributed by atoms with E-state index in [2.05, 4.69) is 26.1 Å². The minimum Gasteiger partial charge on any atom is -0.464 e. The molecule has 7 heteroatoms. The van der Waals surface area contributed by atoms with Gasteiger partial charge in [0.1, 0.15) is 13.2 Å². The lowest BCUT2D eigenvalue weighted by Crippen LogP contribution is -2.48. The fraction of sp³-hybridized carbons (Fsp3) is 0.545. The molecule has 0 spiro atoms. The molecule has 0 saturated carbocycles. The van der Waals surface area contributed by atoms with Crippen molar-refractivity contribution in [3.05, 3.63) is 12.7 Å². The Labute approximate surface area is 105 Å². The summed E-state index contributed by atoms with van der Waals surface area (Å²) in [4.78, 5) is 34.3. The predicted octanol–water partition coefficient (Wildman–Crippen LogP) is 0.0458. The summed E-state index contributed by atoms with van der Waals surface area (Å²) in [6.45, 7) is 4.70. The number of carbonyl (C=O) groups excluding carboxylic acids is 3. The number of nitrogens with one attached hydrogen (secondary N) is 1. The Morgan fingerprint density at radius 2 is 2.00 bits per heavy atom. The van der Waals surface area contributed by atoms with Gasteiger partial charge in [-0.3, -0.25) is 4.79 Å². The van der Waals surface area contributed by atoms with Gasteiger partial charge in [0.2, 0.25) is 0 Å². The highest BCUT2D eigenvalue weighted by molar-refractivity contribution is 6.05. The van der Waals surface area contributed by atoms with Gasteiger partial charge >= 0.3 is 12.1 Å². The molecular formula is C11H17NO6. The maximum Gasteiger partial charge on any atom is 0.408 e. The lowest BCUT2D eigenvalue weighted by Gasteiger charge is -2.15. The second-order valence-electron chi connectivity index (χ2n) is 3.12. The van der Waals surface area contributed by atoms with Crippen LogP contribution in [-0.2, 0) is 23.8 Å². The van der Waals surface area contributed by atoms with Gasteiger partial charge < -0.3 is 19.5 Å². The molecule has 0 saturated heterocycles. The number of ether oxygens (including phenoxy) is 3. The van der Waals surface area contributed by atoms with E-state index < -0.39 is 23.9 Å². The van der Waals surface area contributed by atoms with E-state index in [1.165, 1.54) is 13.2 Å². The minimum atomic E-state index is -1.43. The number of carbonyl (C=O) groups is 3. The number of alkyl carbamates (subject to hydrolysis) is 1. The summed E-state index contributed by atoms with van der Waals surface area (Å²) in [5, 5.41) is 2.11. The van der Waals surface area contributed by atoms with Crippen molar-refractivity contribution in [1.82, 2.24) is 5.32 Å². The van der Waals surface area contributed by atoms with Crippen molar-refractivity contribution in [2.75, 3.05) is 26.9 Å². The van der Waals surface area contributed by atoms with Gasteiger partial charge in [-0.15, -0.1) is 0 Å². The Kier molecular flexibility index (Phi) is 8.21. The van der Waals surface area contributed by atoms with Gasteiger partial charge in [-0.05, 0) is 6.92 Å². The number of ketones is 1. The minimum absolute atomic E-state index is 0.0279. The molecule has 0 aliphatic carbocycles. The monoisotopic (exact) mass is 259 g/mol. The van der Waals surface area contributed by atoms with Crippen molar-refractivity contribution in [2.24, 2.45) is 0 Å². The number of methoxy groups -OCH3 is 1. The zero-order valence-corrected chi connectivity index (χ0v) is 10.4. The third kappa shape index (κ3) is 6.00. The number of Topliss-reactive ketones (excluding diaryl/α,β-unsaturated/α-hetero) is 1. The molecule has 0 rings (SSSR count). The molecular weight excluding hydrogens is 242 g/mol. The average Bonchev–Trinajstić information content (AvgIpc) is 2.33. The summed E-state index contributed by atoms with van der Waals surface area (Å²) >= 11 is 0. The normalized spacial score (nSPS) is 11.2. The van der Waals surface area contributed by atoms with E-state index in [1.54, 1.807) is 6.92 Å². The van der Waals surface area contributed by atoms with Gasteiger partial charge in [0.15, 0.2) is 11.8 Å². The van der Waals surface area contributed by atoms with Gasteiger partial charge in [-0.25, -0.2) is 9.59 Å². The molecule has 0 bridgehead atoms. The number of amides is 1. The number of rotatable bonds is 8. The van der Waals surface area contributed by atoms with Crippen molar-refractivity contribution in [3.63, 3.8) is 0 Å². The molecule has 0 aliphatic rings. The first kappa shape index (κ1) is 16.1. The molecule has 18 heavy (non-hydrogen) atoms. The van der Waals surface area contributed by atoms with Crippen LogP contribution in [0.4, 0.5) is 4.79 Å². The van der Waals surface area contributed by atoms with Crippen molar-refractivity contribution in [3.8, 4) is 0 Å². The maximum atomic E-state index is 11.6. The average molecular weight is 259 g/mol. The van der Waals surface area contributed by atoms with Crippen LogP contribution in [0.25, 0.3) is 0 Å². The second-order valence-corrected chi connectivity index (χ2v) is 3.12. The van der Waals surface area contributed by atoms with Crippen LogP contribution in [-0.4, -0.2) is 50.8 Å². The Hall–Kier alpha value is -1.89.